The standard InChI is InChI=1S/C15H16O5/c1-18-11-6-5-9(15(16)17)10-7-12(20-14(10)11)13(19-2)8-3-4-8/h5-8,13H,3-4H2,1-2H3,(H,16,17). The molecule has 1 aromatic heterocycles. The van der Waals surface area contributed by atoms with Crippen molar-refractivity contribution in [3.63, 3.8) is 0 Å². The van der Waals surface area contributed by atoms with E-state index in [1.807, 2.05) is 0 Å². The predicted molar refractivity (Wildman–Crippen MR) is 72.2 cm³/mol. The first-order chi connectivity index (χ1) is 9.65. The minimum absolute atomic E-state index is 0.117. The lowest BCUT2D eigenvalue weighted by Crippen LogP contribution is -2.01. The van der Waals surface area contributed by atoms with E-state index in [0.717, 1.165) is 12.8 Å². The highest BCUT2D eigenvalue weighted by Gasteiger charge is 2.35. The SMILES string of the molecule is COc1ccc(C(=O)O)c2cc(C(OC)C3CC3)oc12. The van der Waals surface area contributed by atoms with Crippen LogP contribution in [0.5, 0.6) is 5.75 Å². The van der Waals surface area contributed by atoms with Crippen LogP contribution < -0.4 is 4.74 Å². The number of aromatic carboxylic acids is 1. The largest absolute Gasteiger partial charge is 0.493 e. The fourth-order valence-corrected chi connectivity index (χ4v) is 2.55. The highest BCUT2D eigenvalue weighted by molar-refractivity contribution is 6.04. The Morgan fingerprint density at radius 1 is 1.40 bits per heavy atom. The van der Waals surface area contributed by atoms with Crippen molar-refractivity contribution < 1.29 is 23.8 Å². The van der Waals surface area contributed by atoms with E-state index in [-0.39, 0.29) is 11.7 Å². The van der Waals surface area contributed by atoms with Crippen molar-refractivity contribution in [1.82, 2.24) is 0 Å². The van der Waals surface area contributed by atoms with Gasteiger partial charge in [-0.25, -0.2) is 4.79 Å². The first-order valence-corrected chi connectivity index (χ1v) is 6.52. The molecule has 5 nitrogen and oxygen atoms in total. The fraction of sp³-hybridized carbons (Fsp3) is 0.400. The lowest BCUT2D eigenvalue weighted by molar-refractivity contribution is 0.0672. The average Bonchev–Trinajstić information content (AvgIpc) is 3.16. The van der Waals surface area contributed by atoms with E-state index in [0.29, 0.717) is 28.4 Å². The van der Waals surface area contributed by atoms with Crippen molar-refractivity contribution in [2.75, 3.05) is 14.2 Å². The van der Waals surface area contributed by atoms with Gasteiger partial charge in [0.05, 0.1) is 12.7 Å². The molecular weight excluding hydrogens is 260 g/mol. The van der Waals surface area contributed by atoms with Crippen LogP contribution in [0.3, 0.4) is 0 Å². The summed E-state index contributed by atoms with van der Waals surface area (Å²) >= 11 is 0. The lowest BCUT2D eigenvalue weighted by Gasteiger charge is -2.10. The zero-order valence-electron chi connectivity index (χ0n) is 11.4. The summed E-state index contributed by atoms with van der Waals surface area (Å²) in [6.45, 7) is 0. The van der Waals surface area contributed by atoms with E-state index in [9.17, 15) is 9.90 Å². The molecule has 20 heavy (non-hydrogen) atoms. The summed E-state index contributed by atoms with van der Waals surface area (Å²) in [6, 6.07) is 4.90. The number of ether oxygens (including phenoxy) is 2. The van der Waals surface area contributed by atoms with Gasteiger partial charge in [-0.1, -0.05) is 0 Å². The normalized spacial score (nSPS) is 16.3. The van der Waals surface area contributed by atoms with Crippen LogP contribution in [0.25, 0.3) is 11.0 Å². The molecule has 1 saturated carbocycles. The number of methoxy groups -OCH3 is 2. The van der Waals surface area contributed by atoms with Gasteiger partial charge in [-0.15, -0.1) is 0 Å². The number of rotatable bonds is 5. The number of hydrogen-bond acceptors (Lipinski definition) is 4. The van der Waals surface area contributed by atoms with E-state index in [4.69, 9.17) is 13.9 Å². The third kappa shape index (κ3) is 2.04. The molecule has 1 heterocycles. The second-order valence-electron chi connectivity index (χ2n) is 5.01. The third-order valence-electron chi connectivity index (χ3n) is 3.70. The molecule has 5 heteroatoms. The third-order valence-corrected chi connectivity index (χ3v) is 3.70. The highest BCUT2D eigenvalue weighted by Crippen LogP contribution is 2.45. The van der Waals surface area contributed by atoms with Gasteiger partial charge < -0.3 is 19.0 Å². The Morgan fingerprint density at radius 2 is 2.15 bits per heavy atom. The van der Waals surface area contributed by atoms with E-state index >= 15 is 0 Å². The molecule has 0 radical (unpaired) electrons. The van der Waals surface area contributed by atoms with E-state index < -0.39 is 5.97 Å². The summed E-state index contributed by atoms with van der Waals surface area (Å²) in [7, 11) is 3.18. The predicted octanol–water partition coefficient (Wildman–Crippen LogP) is 3.24. The summed E-state index contributed by atoms with van der Waals surface area (Å²) in [5.74, 6) is 0.670. The second kappa shape index (κ2) is 4.83. The molecule has 2 aromatic rings. The zero-order valence-corrected chi connectivity index (χ0v) is 11.4. The van der Waals surface area contributed by atoms with Gasteiger partial charge in [0.2, 0.25) is 0 Å². The first kappa shape index (κ1) is 13.0. The Balaban J connectivity index is 2.16. The Kier molecular flexibility index (Phi) is 3.14. The Bertz CT molecular complexity index is 654. The van der Waals surface area contributed by atoms with Crippen LogP contribution in [0.15, 0.2) is 22.6 Å². The maximum absolute atomic E-state index is 11.3. The molecule has 0 amide bonds. The van der Waals surface area contributed by atoms with Crippen LogP contribution in [0.4, 0.5) is 0 Å². The van der Waals surface area contributed by atoms with Crippen LogP contribution >= 0.6 is 0 Å². The molecule has 1 N–H and O–H groups in total. The minimum atomic E-state index is -0.981. The molecule has 3 rings (SSSR count). The van der Waals surface area contributed by atoms with Crippen LogP contribution in [-0.2, 0) is 4.74 Å². The smallest absolute Gasteiger partial charge is 0.336 e. The Morgan fingerprint density at radius 3 is 2.70 bits per heavy atom. The molecule has 106 valence electrons. The van der Waals surface area contributed by atoms with Gasteiger partial charge in [0.25, 0.3) is 0 Å². The maximum Gasteiger partial charge on any atom is 0.336 e. The number of carbonyl (C=O) groups is 1. The molecule has 1 aromatic carbocycles. The number of carboxylic acids is 1. The van der Waals surface area contributed by atoms with Gasteiger partial charge in [-0.05, 0) is 37.0 Å². The highest BCUT2D eigenvalue weighted by atomic mass is 16.5. The van der Waals surface area contributed by atoms with Crippen molar-refractivity contribution in [1.29, 1.82) is 0 Å². The van der Waals surface area contributed by atoms with Crippen molar-refractivity contribution in [3.8, 4) is 5.75 Å². The molecule has 1 unspecified atom stereocenters. The Hall–Kier alpha value is -2.01. The second-order valence-corrected chi connectivity index (χ2v) is 5.01. The van der Waals surface area contributed by atoms with Gasteiger partial charge in [0.1, 0.15) is 11.9 Å². The molecule has 1 aliphatic carbocycles. The molecule has 0 saturated heterocycles. The molecule has 1 atom stereocenters. The van der Waals surface area contributed by atoms with Gasteiger partial charge in [-0.2, -0.15) is 0 Å². The number of hydrogen-bond donors (Lipinski definition) is 1. The average molecular weight is 276 g/mol. The molecule has 1 aliphatic rings. The van der Waals surface area contributed by atoms with E-state index in [1.54, 1.807) is 19.2 Å². The van der Waals surface area contributed by atoms with E-state index in [2.05, 4.69) is 0 Å². The summed E-state index contributed by atoms with van der Waals surface area (Å²) in [4.78, 5) is 11.3. The van der Waals surface area contributed by atoms with Gasteiger partial charge in [0.15, 0.2) is 11.3 Å². The number of carboxylic acid groups (broad SMARTS) is 1. The molecule has 0 bridgehead atoms. The topological polar surface area (TPSA) is 68.9 Å². The maximum atomic E-state index is 11.3. The quantitative estimate of drug-likeness (QED) is 0.907. The summed E-state index contributed by atoms with van der Waals surface area (Å²) < 4.78 is 16.5. The summed E-state index contributed by atoms with van der Waals surface area (Å²) in [6.07, 6.45) is 2.10. The zero-order chi connectivity index (χ0) is 14.3. The lowest BCUT2D eigenvalue weighted by atomic mass is 10.1. The van der Waals surface area contributed by atoms with Crippen LogP contribution in [0, 0.1) is 5.92 Å². The summed E-state index contributed by atoms with van der Waals surface area (Å²) in [5.41, 5.74) is 0.673. The van der Waals surface area contributed by atoms with Gasteiger partial charge in [-0.3, -0.25) is 0 Å². The molecule has 1 fully saturated rings. The number of furan rings is 1. The molecule has 0 aliphatic heterocycles. The van der Waals surface area contributed by atoms with Crippen LogP contribution in [-0.4, -0.2) is 25.3 Å². The Labute approximate surface area is 116 Å². The van der Waals surface area contributed by atoms with Crippen molar-refractivity contribution >= 4 is 16.9 Å². The fourth-order valence-electron chi connectivity index (χ4n) is 2.55. The van der Waals surface area contributed by atoms with Crippen molar-refractivity contribution in [2.45, 2.75) is 18.9 Å². The molecule has 0 spiro atoms. The number of fused-ring (bicyclic) bond motifs is 1. The number of benzene rings is 1. The van der Waals surface area contributed by atoms with Gasteiger partial charge >= 0.3 is 5.97 Å². The van der Waals surface area contributed by atoms with Gasteiger partial charge in [0, 0.05) is 12.5 Å². The monoisotopic (exact) mass is 276 g/mol. The van der Waals surface area contributed by atoms with Crippen LogP contribution in [0.1, 0.15) is 35.1 Å². The van der Waals surface area contributed by atoms with Crippen molar-refractivity contribution in [3.05, 3.63) is 29.5 Å². The first-order valence-electron chi connectivity index (χ1n) is 6.52. The van der Waals surface area contributed by atoms with Crippen molar-refractivity contribution in [2.24, 2.45) is 5.92 Å². The minimum Gasteiger partial charge on any atom is -0.493 e. The van der Waals surface area contributed by atoms with Crippen LogP contribution in [0.2, 0.25) is 0 Å². The summed E-state index contributed by atoms with van der Waals surface area (Å²) in [5, 5.41) is 9.81. The van der Waals surface area contributed by atoms with E-state index in [1.165, 1.54) is 13.2 Å². The molecular formula is C15H16O5.